The van der Waals surface area contributed by atoms with E-state index in [1.165, 1.54) is 26.5 Å². The van der Waals surface area contributed by atoms with Crippen LogP contribution in [0.25, 0.3) is 0 Å². The van der Waals surface area contributed by atoms with Crippen molar-refractivity contribution in [2.24, 2.45) is 0 Å². The van der Waals surface area contributed by atoms with E-state index in [1.807, 2.05) is 0 Å². The molecule has 6 nitrogen and oxygen atoms in total. The van der Waals surface area contributed by atoms with Gasteiger partial charge in [-0.15, -0.1) is 0 Å². The number of halogens is 1. The zero-order valence-electron chi connectivity index (χ0n) is 11.4. The normalized spacial score (nSPS) is 10.0. The van der Waals surface area contributed by atoms with E-state index in [0.29, 0.717) is 16.5 Å². The van der Waals surface area contributed by atoms with E-state index in [9.17, 15) is 9.59 Å². The average molecular weight is 309 g/mol. The smallest absolute Gasteiger partial charge is 0.272 e. The number of ether oxygens (including phenoxy) is 2. The molecule has 0 saturated carbocycles. The fourth-order valence-electron chi connectivity index (χ4n) is 1.69. The number of hydrogen-bond donors (Lipinski definition) is 2. The number of amides is 1. The number of carbonyl (C=O) groups excluding carboxylic acids is 1. The topological polar surface area (TPSA) is 80.4 Å². The Balaban J connectivity index is 2.20. The molecule has 110 valence electrons. The monoisotopic (exact) mass is 308 g/mol. The largest absolute Gasteiger partial charge is 0.495 e. The van der Waals surface area contributed by atoms with Gasteiger partial charge in [0.1, 0.15) is 11.4 Å². The molecule has 2 aromatic rings. The van der Waals surface area contributed by atoms with Gasteiger partial charge in [0.15, 0.2) is 5.75 Å². The van der Waals surface area contributed by atoms with Crippen molar-refractivity contribution in [3.05, 3.63) is 51.4 Å². The first-order valence-corrected chi connectivity index (χ1v) is 6.34. The Morgan fingerprint density at radius 2 is 1.90 bits per heavy atom. The zero-order chi connectivity index (χ0) is 15.4. The van der Waals surface area contributed by atoms with Crippen LogP contribution in [0.5, 0.6) is 11.5 Å². The summed E-state index contributed by atoms with van der Waals surface area (Å²) < 4.78 is 9.86. The molecule has 2 N–H and O–H groups in total. The predicted octanol–water partition coefficient (Wildman–Crippen LogP) is 2.30. The van der Waals surface area contributed by atoms with Crippen molar-refractivity contribution in [3.63, 3.8) is 0 Å². The number of aromatic amines is 1. The number of carbonyl (C=O) groups is 1. The minimum atomic E-state index is -0.462. The molecule has 1 aromatic heterocycles. The van der Waals surface area contributed by atoms with Crippen LogP contribution in [0.3, 0.4) is 0 Å². The summed E-state index contributed by atoms with van der Waals surface area (Å²) in [5.41, 5.74) is 0.226. The van der Waals surface area contributed by atoms with Gasteiger partial charge in [-0.25, -0.2) is 0 Å². The summed E-state index contributed by atoms with van der Waals surface area (Å²) in [6.07, 6.45) is 1.33. The van der Waals surface area contributed by atoms with Crippen molar-refractivity contribution in [1.29, 1.82) is 0 Å². The van der Waals surface area contributed by atoms with E-state index in [1.54, 1.807) is 18.2 Å². The molecule has 0 atom stereocenters. The lowest BCUT2D eigenvalue weighted by Gasteiger charge is -2.08. The highest BCUT2D eigenvalue weighted by Gasteiger charge is 2.10. The Labute approximate surface area is 125 Å². The van der Waals surface area contributed by atoms with Crippen molar-refractivity contribution >= 4 is 23.2 Å². The summed E-state index contributed by atoms with van der Waals surface area (Å²) in [6, 6.07) is 6.00. The molecular weight excluding hydrogens is 296 g/mol. The van der Waals surface area contributed by atoms with Crippen LogP contribution in [0.1, 0.15) is 10.5 Å². The molecular formula is C14H13ClN2O4. The van der Waals surface area contributed by atoms with E-state index >= 15 is 0 Å². The minimum absolute atomic E-state index is 0.118. The Hall–Kier alpha value is -2.47. The lowest BCUT2D eigenvalue weighted by molar-refractivity contribution is 0.102. The van der Waals surface area contributed by atoms with Crippen LogP contribution in [0.2, 0.25) is 5.02 Å². The van der Waals surface area contributed by atoms with Crippen LogP contribution in [0.4, 0.5) is 5.69 Å². The van der Waals surface area contributed by atoms with Crippen LogP contribution in [-0.2, 0) is 0 Å². The molecule has 0 radical (unpaired) electrons. The third-order valence-corrected chi connectivity index (χ3v) is 3.05. The fraction of sp³-hybridized carbons (Fsp3) is 0.143. The maximum absolute atomic E-state index is 12.0. The number of methoxy groups -OCH3 is 2. The molecule has 2 rings (SSSR count). The van der Waals surface area contributed by atoms with E-state index in [0.717, 1.165) is 0 Å². The number of rotatable bonds is 4. The van der Waals surface area contributed by atoms with Crippen LogP contribution >= 0.6 is 11.6 Å². The fourth-order valence-corrected chi connectivity index (χ4v) is 1.95. The molecule has 0 bridgehead atoms. The SMILES string of the molecule is COc1ccc(NC(=O)c2cc(=O)c(OC)c[nH]2)cc1Cl. The van der Waals surface area contributed by atoms with Gasteiger partial charge in [-0.2, -0.15) is 0 Å². The van der Waals surface area contributed by atoms with Gasteiger partial charge in [0.25, 0.3) is 5.91 Å². The average Bonchev–Trinajstić information content (AvgIpc) is 2.47. The van der Waals surface area contributed by atoms with E-state index < -0.39 is 5.91 Å². The second kappa shape index (κ2) is 6.32. The summed E-state index contributed by atoms with van der Waals surface area (Å²) in [6.45, 7) is 0. The number of H-pyrrole nitrogens is 1. The maximum atomic E-state index is 12.0. The molecule has 0 saturated heterocycles. The molecule has 0 fully saturated rings. The number of aromatic nitrogens is 1. The standard InChI is InChI=1S/C14H13ClN2O4/c1-20-12-4-3-8(5-9(12)15)17-14(19)10-6-11(18)13(21-2)7-16-10/h3-7H,1-2H3,(H,16,18)(H,17,19). The first-order valence-electron chi connectivity index (χ1n) is 5.96. The van der Waals surface area contributed by atoms with Gasteiger partial charge in [0, 0.05) is 18.0 Å². The minimum Gasteiger partial charge on any atom is -0.495 e. The lowest BCUT2D eigenvalue weighted by atomic mass is 10.2. The van der Waals surface area contributed by atoms with Crippen molar-refractivity contribution in [1.82, 2.24) is 4.98 Å². The molecule has 1 amide bonds. The van der Waals surface area contributed by atoms with Gasteiger partial charge in [-0.3, -0.25) is 9.59 Å². The number of benzene rings is 1. The summed E-state index contributed by atoms with van der Waals surface area (Å²) in [5.74, 6) is 0.183. The second-order valence-electron chi connectivity index (χ2n) is 4.08. The van der Waals surface area contributed by atoms with Gasteiger partial charge in [0.2, 0.25) is 5.43 Å². The third kappa shape index (κ3) is 3.35. The number of hydrogen-bond acceptors (Lipinski definition) is 4. The van der Waals surface area contributed by atoms with Gasteiger partial charge in [-0.1, -0.05) is 11.6 Å². The van der Waals surface area contributed by atoms with Crippen LogP contribution in [0, 0.1) is 0 Å². The molecule has 0 aliphatic heterocycles. The highest BCUT2D eigenvalue weighted by Crippen LogP contribution is 2.27. The van der Waals surface area contributed by atoms with E-state index in [4.69, 9.17) is 21.1 Å². The number of anilines is 1. The third-order valence-electron chi connectivity index (χ3n) is 2.75. The zero-order valence-corrected chi connectivity index (χ0v) is 12.2. The quantitative estimate of drug-likeness (QED) is 0.908. The molecule has 0 unspecified atom stereocenters. The predicted molar refractivity (Wildman–Crippen MR) is 79.6 cm³/mol. The van der Waals surface area contributed by atoms with Crippen molar-refractivity contribution in [2.75, 3.05) is 19.5 Å². The lowest BCUT2D eigenvalue weighted by Crippen LogP contribution is -2.17. The molecule has 21 heavy (non-hydrogen) atoms. The van der Waals surface area contributed by atoms with Crippen molar-refractivity contribution in [2.45, 2.75) is 0 Å². The number of pyridine rings is 1. The van der Waals surface area contributed by atoms with Gasteiger partial charge in [-0.05, 0) is 18.2 Å². The summed E-state index contributed by atoms with van der Waals surface area (Å²) in [4.78, 5) is 26.3. The van der Waals surface area contributed by atoms with E-state index in [-0.39, 0.29) is 16.9 Å². The molecule has 0 aliphatic carbocycles. The van der Waals surface area contributed by atoms with Crippen LogP contribution < -0.4 is 20.2 Å². The van der Waals surface area contributed by atoms with E-state index in [2.05, 4.69) is 10.3 Å². The summed E-state index contributed by atoms with van der Waals surface area (Å²) in [7, 11) is 2.88. The van der Waals surface area contributed by atoms with Crippen molar-refractivity contribution < 1.29 is 14.3 Å². The van der Waals surface area contributed by atoms with Gasteiger partial charge < -0.3 is 19.8 Å². The van der Waals surface area contributed by atoms with Crippen LogP contribution in [0.15, 0.2) is 35.3 Å². The Morgan fingerprint density at radius 1 is 1.19 bits per heavy atom. The number of nitrogens with one attached hydrogen (secondary N) is 2. The first kappa shape index (κ1) is 14.9. The maximum Gasteiger partial charge on any atom is 0.272 e. The molecule has 0 aliphatic rings. The molecule has 7 heteroatoms. The second-order valence-corrected chi connectivity index (χ2v) is 4.49. The highest BCUT2D eigenvalue weighted by atomic mass is 35.5. The van der Waals surface area contributed by atoms with Gasteiger partial charge >= 0.3 is 0 Å². The van der Waals surface area contributed by atoms with Crippen LogP contribution in [-0.4, -0.2) is 25.1 Å². The van der Waals surface area contributed by atoms with Gasteiger partial charge in [0.05, 0.1) is 19.2 Å². The Kier molecular flexibility index (Phi) is 4.49. The Morgan fingerprint density at radius 3 is 2.48 bits per heavy atom. The first-order chi connectivity index (χ1) is 10.0. The summed E-state index contributed by atoms with van der Waals surface area (Å²) >= 11 is 5.97. The molecule has 1 aromatic carbocycles. The summed E-state index contributed by atoms with van der Waals surface area (Å²) in [5, 5.41) is 3.00. The molecule has 0 spiro atoms. The van der Waals surface area contributed by atoms with Crippen molar-refractivity contribution in [3.8, 4) is 11.5 Å². The molecule has 1 heterocycles. The Bertz CT molecular complexity index is 727. The highest BCUT2D eigenvalue weighted by molar-refractivity contribution is 6.32.